The van der Waals surface area contributed by atoms with Crippen molar-refractivity contribution in [1.29, 1.82) is 0 Å². The third-order valence-corrected chi connectivity index (χ3v) is 3.76. The summed E-state index contributed by atoms with van der Waals surface area (Å²) in [5, 5.41) is 1.92. The molecule has 3 aromatic rings. The molecule has 0 aliphatic carbocycles. The largest absolute Gasteiger partial charge is 0.324 e. The van der Waals surface area contributed by atoms with Gasteiger partial charge in [-0.3, -0.25) is 10.2 Å². The number of halogens is 2. The van der Waals surface area contributed by atoms with Crippen LogP contribution in [0, 0.1) is 11.6 Å². The number of hydrogen-bond donors (Lipinski definition) is 2. The number of nitrogens with zero attached hydrogens (tertiary/aromatic N) is 3. The second kappa shape index (κ2) is 5.19. The predicted molar refractivity (Wildman–Crippen MR) is 72.5 cm³/mol. The van der Waals surface area contributed by atoms with Gasteiger partial charge in [0.1, 0.15) is 0 Å². The maximum absolute atomic E-state index is 13.3. The molecular formula is C12H9F2N5OS. The molecule has 3 N–H and O–H groups in total. The number of amides is 1. The van der Waals surface area contributed by atoms with Crippen molar-refractivity contribution in [3.63, 3.8) is 0 Å². The molecule has 0 fully saturated rings. The summed E-state index contributed by atoms with van der Waals surface area (Å²) >= 11 is 1.14. The summed E-state index contributed by atoms with van der Waals surface area (Å²) in [4.78, 5) is 19.4. The van der Waals surface area contributed by atoms with Gasteiger partial charge >= 0.3 is 0 Å². The van der Waals surface area contributed by atoms with Gasteiger partial charge in [0.2, 0.25) is 0 Å². The Morgan fingerprint density at radius 1 is 1.38 bits per heavy atom. The molecule has 0 unspecified atom stereocenters. The molecule has 9 heteroatoms. The fourth-order valence-corrected chi connectivity index (χ4v) is 2.61. The molecule has 0 spiro atoms. The van der Waals surface area contributed by atoms with Crippen molar-refractivity contribution >= 4 is 28.3 Å². The Morgan fingerprint density at radius 3 is 2.90 bits per heavy atom. The van der Waals surface area contributed by atoms with Gasteiger partial charge < -0.3 is 4.57 Å². The minimum atomic E-state index is -0.941. The molecule has 108 valence electrons. The molecule has 3 rings (SSSR count). The number of rotatable bonds is 3. The lowest BCUT2D eigenvalue weighted by Crippen LogP contribution is -2.29. The number of nitrogen functional groups attached to an aromatic ring is 1. The van der Waals surface area contributed by atoms with Crippen molar-refractivity contribution in [2.45, 2.75) is 6.54 Å². The Hall–Kier alpha value is -2.39. The third-order valence-electron chi connectivity index (χ3n) is 2.87. The van der Waals surface area contributed by atoms with Gasteiger partial charge in [0.15, 0.2) is 16.6 Å². The molecule has 0 saturated carbocycles. The summed E-state index contributed by atoms with van der Waals surface area (Å²) in [6.45, 7) is 0.288. The van der Waals surface area contributed by atoms with E-state index in [-0.39, 0.29) is 11.6 Å². The summed E-state index contributed by atoms with van der Waals surface area (Å²) < 4.78 is 28.1. The summed E-state index contributed by atoms with van der Waals surface area (Å²) in [5.74, 6) is 2.67. The van der Waals surface area contributed by atoms with Gasteiger partial charge in [-0.25, -0.2) is 24.6 Å². The summed E-state index contributed by atoms with van der Waals surface area (Å²) in [5.41, 5.74) is 3.40. The van der Waals surface area contributed by atoms with Gasteiger partial charge in [-0.05, 0) is 0 Å². The van der Waals surface area contributed by atoms with Gasteiger partial charge in [-0.2, -0.15) is 0 Å². The zero-order valence-electron chi connectivity index (χ0n) is 10.5. The lowest BCUT2D eigenvalue weighted by Gasteiger charge is -2.02. The van der Waals surface area contributed by atoms with Crippen LogP contribution >= 0.6 is 11.3 Å². The smallest absolute Gasteiger partial charge is 0.294 e. The van der Waals surface area contributed by atoms with E-state index in [1.165, 1.54) is 6.33 Å². The van der Waals surface area contributed by atoms with E-state index < -0.39 is 17.5 Å². The van der Waals surface area contributed by atoms with Gasteiger partial charge in [0.05, 0.1) is 29.6 Å². The minimum absolute atomic E-state index is 0.231. The Kier molecular flexibility index (Phi) is 3.35. The SMILES string of the molecule is NNC(=O)c1nc(Cn2cnc3cc(F)c(F)cc32)cs1. The number of carbonyl (C=O) groups is 1. The van der Waals surface area contributed by atoms with E-state index in [2.05, 4.69) is 9.97 Å². The van der Waals surface area contributed by atoms with E-state index in [1.807, 2.05) is 5.43 Å². The number of thiazole rings is 1. The fourth-order valence-electron chi connectivity index (χ4n) is 1.90. The number of hydrazine groups is 1. The second-order valence-corrected chi connectivity index (χ2v) is 5.10. The molecule has 0 aliphatic rings. The first kappa shape index (κ1) is 13.6. The van der Waals surface area contributed by atoms with E-state index in [0.29, 0.717) is 16.7 Å². The second-order valence-electron chi connectivity index (χ2n) is 4.24. The lowest BCUT2D eigenvalue weighted by atomic mass is 10.3. The number of nitrogens with two attached hydrogens (primary N) is 1. The number of imidazole rings is 1. The summed E-state index contributed by atoms with van der Waals surface area (Å²) in [6.07, 6.45) is 1.46. The van der Waals surface area contributed by atoms with Crippen LogP contribution in [0.1, 0.15) is 15.5 Å². The highest BCUT2D eigenvalue weighted by Gasteiger charge is 2.12. The number of nitrogens with one attached hydrogen (secondary N) is 1. The van der Waals surface area contributed by atoms with E-state index in [1.54, 1.807) is 9.95 Å². The molecule has 0 saturated heterocycles. The van der Waals surface area contributed by atoms with E-state index >= 15 is 0 Å². The zero-order chi connectivity index (χ0) is 15.0. The summed E-state index contributed by atoms with van der Waals surface area (Å²) in [6, 6.07) is 2.12. The molecule has 1 amide bonds. The van der Waals surface area contributed by atoms with Crippen molar-refractivity contribution < 1.29 is 13.6 Å². The average Bonchev–Trinajstić information content (AvgIpc) is 3.08. The van der Waals surface area contributed by atoms with Crippen LogP contribution in [0.5, 0.6) is 0 Å². The first-order valence-corrected chi connectivity index (χ1v) is 6.71. The molecule has 1 aromatic carbocycles. The maximum Gasteiger partial charge on any atom is 0.294 e. The predicted octanol–water partition coefficient (Wildman–Crippen LogP) is 1.42. The molecule has 2 aromatic heterocycles. The Balaban J connectivity index is 1.93. The molecular weight excluding hydrogens is 300 g/mol. The molecule has 0 radical (unpaired) electrons. The number of fused-ring (bicyclic) bond motifs is 1. The number of aromatic nitrogens is 3. The van der Waals surface area contributed by atoms with Crippen molar-refractivity contribution in [3.05, 3.63) is 46.2 Å². The minimum Gasteiger partial charge on any atom is -0.324 e. The van der Waals surface area contributed by atoms with Crippen LogP contribution < -0.4 is 11.3 Å². The fraction of sp³-hybridized carbons (Fsp3) is 0.0833. The Labute approximate surface area is 121 Å². The molecule has 0 aliphatic heterocycles. The van der Waals surface area contributed by atoms with Gasteiger partial charge in [-0.15, -0.1) is 11.3 Å². The van der Waals surface area contributed by atoms with E-state index in [4.69, 9.17) is 5.84 Å². The van der Waals surface area contributed by atoms with Crippen molar-refractivity contribution in [3.8, 4) is 0 Å². The van der Waals surface area contributed by atoms with Crippen molar-refractivity contribution in [2.24, 2.45) is 5.84 Å². The average molecular weight is 309 g/mol. The molecule has 0 atom stereocenters. The normalized spacial score (nSPS) is 11.0. The van der Waals surface area contributed by atoms with E-state index in [9.17, 15) is 13.6 Å². The Bertz CT molecular complexity index is 828. The van der Waals surface area contributed by atoms with Crippen LogP contribution in [0.3, 0.4) is 0 Å². The monoisotopic (exact) mass is 309 g/mol. The van der Waals surface area contributed by atoms with Crippen LogP contribution in [0.25, 0.3) is 11.0 Å². The molecule has 6 nitrogen and oxygen atoms in total. The lowest BCUT2D eigenvalue weighted by molar-refractivity contribution is 0.0953. The Morgan fingerprint density at radius 2 is 2.14 bits per heavy atom. The van der Waals surface area contributed by atoms with Gasteiger partial charge in [0.25, 0.3) is 5.91 Å². The highest BCUT2D eigenvalue weighted by molar-refractivity contribution is 7.11. The standard InChI is InChI=1S/C12H9F2N5OS/c13-7-1-9-10(2-8(7)14)19(5-16-9)3-6-4-21-12(17-6)11(20)18-15/h1-2,4-5H,3,15H2,(H,18,20). The van der Waals surface area contributed by atoms with Crippen LogP contribution in [-0.2, 0) is 6.54 Å². The van der Waals surface area contributed by atoms with Crippen molar-refractivity contribution in [1.82, 2.24) is 20.0 Å². The first-order valence-electron chi connectivity index (χ1n) is 5.83. The maximum atomic E-state index is 13.3. The van der Waals surface area contributed by atoms with Gasteiger partial charge in [-0.1, -0.05) is 0 Å². The highest BCUT2D eigenvalue weighted by Crippen LogP contribution is 2.19. The van der Waals surface area contributed by atoms with Crippen molar-refractivity contribution in [2.75, 3.05) is 0 Å². The van der Waals surface area contributed by atoms with Crippen LogP contribution in [-0.4, -0.2) is 20.4 Å². The van der Waals surface area contributed by atoms with Gasteiger partial charge in [0, 0.05) is 17.5 Å². The van der Waals surface area contributed by atoms with E-state index in [0.717, 1.165) is 23.5 Å². The van der Waals surface area contributed by atoms with Crippen LogP contribution in [0.2, 0.25) is 0 Å². The summed E-state index contributed by atoms with van der Waals surface area (Å²) in [7, 11) is 0. The number of hydrogen-bond acceptors (Lipinski definition) is 5. The molecule has 21 heavy (non-hydrogen) atoms. The molecule has 2 heterocycles. The third kappa shape index (κ3) is 2.48. The number of carbonyl (C=O) groups excluding carboxylic acids is 1. The zero-order valence-corrected chi connectivity index (χ0v) is 11.3. The van der Waals surface area contributed by atoms with Crippen LogP contribution in [0.15, 0.2) is 23.8 Å². The quantitative estimate of drug-likeness (QED) is 0.435. The highest BCUT2D eigenvalue weighted by atomic mass is 32.1. The number of benzene rings is 1. The molecule has 0 bridgehead atoms. The first-order chi connectivity index (χ1) is 10.1. The topological polar surface area (TPSA) is 85.8 Å². The van der Waals surface area contributed by atoms with Crippen LogP contribution in [0.4, 0.5) is 8.78 Å².